The molecule has 3 aromatic heterocycles. The highest BCUT2D eigenvalue weighted by molar-refractivity contribution is 7.13. The minimum Gasteiger partial charge on any atom is -0.497 e. The highest BCUT2D eigenvalue weighted by Crippen LogP contribution is 2.44. The summed E-state index contributed by atoms with van der Waals surface area (Å²) in [7, 11) is 5.51. The molecule has 0 bridgehead atoms. The summed E-state index contributed by atoms with van der Waals surface area (Å²) in [6.45, 7) is 0. The second-order valence-corrected chi connectivity index (χ2v) is 9.32. The van der Waals surface area contributed by atoms with Gasteiger partial charge in [-0.3, -0.25) is 0 Å². The van der Waals surface area contributed by atoms with Crippen molar-refractivity contribution in [3.63, 3.8) is 0 Å². The number of hydrogen-bond donors (Lipinski definition) is 1. The molecule has 0 aliphatic heterocycles. The third kappa shape index (κ3) is 3.28. The van der Waals surface area contributed by atoms with Gasteiger partial charge in [0, 0.05) is 51.7 Å². The van der Waals surface area contributed by atoms with Crippen molar-refractivity contribution in [3.8, 4) is 44.3 Å². The first-order chi connectivity index (χ1) is 16.7. The number of ether oxygens (including phenoxy) is 2. The Morgan fingerprint density at radius 3 is 2.29 bits per heavy atom. The fourth-order valence-electron chi connectivity index (χ4n) is 4.80. The van der Waals surface area contributed by atoms with E-state index in [9.17, 15) is 0 Å². The average molecular weight is 465 g/mol. The Morgan fingerprint density at radius 2 is 1.56 bits per heavy atom. The molecule has 0 amide bonds. The summed E-state index contributed by atoms with van der Waals surface area (Å²) in [4.78, 5) is 4.57. The molecule has 6 rings (SSSR count). The van der Waals surface area contributed by atoms with Gasteiger partial charge in [-0.05, 0) is 64.4 Å². The molecule has 3 aromatic carbocycles. The molecule has 168 valence electrons. The summed E-state index contributed by atoms with van der Waals surface area (Å²) in [5.41, 5.74) is 8.16. The van der Waals surface area contributed by atoms with Crippen LogP contribution in [0.15, 0.2) is 84.4 Å². The van der Waals surface area contributed by atoms with Crippen molar-refractivity contribution in [2.45, 2.75) is 0 Å². The van der Waals surface area contributed by atoms with E-state index in [2.05, 4.69) is 88.7 Å². The van der Waals surface area contributed by atoms with Crippen LogP contribution in [-0.2, 0) is 7.05 Å². The maximum absolute atomic E-state index is 5.58. The summed E-state index contributed by atoms with van der Waals surface area (Å²) in [5, 5.41) is 4.58. The average Bonchev–Trinajstić information content (AvgIpc) is 3.62. The van der Waals surface area contributed by atoms with Gasteiger partial charge in [0.1, 0.15) is 11.5 Å². The molecule has 0 aliphatic carbocycles. The van der Waals surface area contributed by atoms with E-state index in [1.165, 1.54) is 37.9 Å². The van der Waals surface area contributed by atoms with E-state index in [-0.39, 0.29) is 0 Å². The lowest BCUT2D eigenvalue weighted by molar-refractivity contribution is 0.394. The maximum Gasteiger partial charge on any atom is 0.123 e. The molecule has 0 unspecified atom stereocenters. The summed E-state index contributed by atoms with van der Waals surface area (Å²) in [5.74, 6) is 1.55. The number of thiophene rings is 1. The lowest BCUT2D eigenvalue weighted by Gasteiger charge is -2.11. The van der Waals surface area contributed by atoms with Crippen LogP contribution < -0.4 is 9.47 Å². The molecule has 6 aromatic rings. The van der Waals surface area contributed by atoms with Crippen LogP contribution in [0.25, 0.3) is 54.6 Å². The first-order valence-electron chi connectivity index (χ1n) is 11.1. The molecule has 0 fully saturated rings. The van der Waals surface area contributed by atoms with Gasteiger partial charge in [-0.1, -0.05) is 24.3 Å². The number of H-pyrrole nitrogens is 1. The second-order valence-electron chi connectivity index (χ2n) is 8.37. The van der Waals surface area contributed by atoms with E-state index in [1.54, 1.807) is 25.6 Å². The summed E-state index contributed by atoms with van der Waals surface area (Å²) < 4.78 is 13.4. The molecule has 5 heteroatoms. The lowest BCUT2D eigenvalue weighted by Crippen LogP contribution is -1.95. The van der Waals surface area contributed by atoms with Gasteiger partial charge in [0.2, 0.25) is 0 Å². The molecule has 0 radical (unpaired) electrons. The normalized spacial score (nSPS) is 11.4. The van der Waals surface area contributed by atoms with Crippen LogP contribution in [-0.4, -0.2) is 23.8 Å². The number of fused-ring (bicyclic) bond motifs is 2. The van der Waals surface area contributed by atoms with Crippen LogP contribution in [0.4, 0.5) is 0 Å². The topological polar surface area (TPSA) is 39.2 Å². The van der Waals surface area contributed by atoms with Gasteiger partial charge in [-0.25, -0.2) is 0 Å². The van der Waals surface area contributed by atoms with Gasteiger partial charge in [0.25, 0.3) is 0 Å². The molecule has 1 N–H and O–H groups in total. The molecule has 34 heavy (non-hydrogen) atoms. The third-order valence-corrected chi connectivity index (χ3v) is 7.37. The lowest BCUT2D eigenvalue weighted by atomic mass is 9.99. The Balaban J connectivity index is 1.63. The Morgan fingerprint density at radius 1 is 0.794 bits per heavy atom. The smallest absolute Gasteiger partial charge is 0.123 e. The van der Waals surface area contributed by atoms with Gasteiger partial charge in [-0.2, -0.15) is 0 Å². The predicted octanol–water partition coefficient (Wildman–Crippen LogP) is 7.74. The van der Waals surface area contributed by atoms with Crippen LogP contribution in [0.5, 0.6) is 11.5 Å². The van der Waals surface area contributed by atoms with Crippen LogP contribution in [0.3, 0.4) is 0 Å². The molecule has 0 atom stereocenters. The number of nitrogens with zero attached hydrogens (tertiary/aromatic N) is 1. The number of aromatic amines is 1. The second kappa shape index (κ2) is 8.12. The van der Waals surface area contributed by atoms with Crippen LogP contribution in [0.2, 0.25) is 0 Å². The highest BCUT2D eigenvalue weighted by atomic mass is 32.1. The number of rotatable bonds is 5. The molecule has 0 saturated carbocycles. The Kier molecular flexibility index (Phi) is 4.93. The van der Waals surface area contributed by atoms with Crippen LogP contribution in [0, 0.1) is 0 Å². The van der Waals surface area contributed by atoms with E-state index in [0.717, 1.165) is 28.3 Å². The fraction of sp³-hybridized carbons (Fsp3) is 0.103. The van der Waals surface area contributed by atoms with Crippen molar-refractivity contribution in [2.24, 2.45) is 7.05 Å². The van der Waals surface area contributed by atoms with E-state index in [0.29, 0.717) is 0 Å². The maximum atomic E-state index is 5.58. The SMILES string of the molecule is COc1cc(OC)cc(-c2c(-c3cccs3)c3cc(-c4ccc5cc[nH]c5c4)ccc3n2C)c1. The van der Waals surface area contributed by atoms with Crippen LogP contribution in [0.1, 0.15) is 0 Å². The molecular weight excluding hydrogens is 440 g/mol. The van der Waals surface area contributed by atoms with Gasteiger partial charge < -0.3 is 19.0 Å². The van der Waals surface area contributed by atoms with Gasteiger partial charge in [0.05, 0.1) is 19.9 Å². The quantitative estimate of drug-likeness (QED) is 0.283. The highest BCUT2D eigenvalue weighted by Gasteiger charge is 2.21. The first kappa shape index (κ1) is 20.6. The number of benzene rings is 3. The van der Waals surface area contributed by atoms with E-state index >= 15 is 0 Å². The van der Waals surface area contributed by atoms with Crippen LogP contribution >= 0.6 is 11.3 Å². The third-order valence-electron chi connectivity index (χ3n) is 6.48. The van der Waals surface area contributed by atoms with Crippen molar-refractivity contribution in [1.82, 2.24) is 9.55 Å². The molecular formula is C29H24N2O2S. The van der Waals surface area contributed by atoms with Gasteiger partial charge in [0.15, 0.2) is 0 Å². The minimum absolute atomic E-state index is 0.775. The molecule has 0 spiro atoms. The first-order valence-corrected chi connectivity index (χ1v) is 12.0. The molecule has 4 nitrogen and oxygen atoms in total. The molecule has 0 saturated heterocycles. The van der Waals surface area contributed by atoms with Crippen molar-refractivity contribution < 1.29 is 9.47 Å². The Bertz CT molecular complexity index is 1620. The fourth-order valence-corrected chi connectivity index (χ4v) is 5.59. The number of aromatic nitrogens is 2. The summed E-state index contributed by atoms with van der Waals surface area (Å²) in [6, 6.07) is 25.8. The number of aryl methyl sites for hydroxylation is 1. The molecule has 3 heterocycles. The number of nitrogens with one attached hydrogen (secondary N) is 1. The Hall–Kier alpha value is -3.96. The largest absolute Gasteiger partial charge is 0.497 e. The van der Waals surface area contributed by atoms with E-state index < -0.39 is 0 Å². The zero-order chi connectivity index (χ0) is 23.2. The van der Waals surface area contributed by atoms with E-state index in [1.807, 2.05) is 12.3 Å². The minimum atomic E-state index is 0.775. The molecule has 0 aliphatic rings. The van der Waals surface area contributed by atoms with Gasteiger partial charge in [-0.15, -0.1) is 11.3 Å². The Labute approximate surface area is 202 Å². The number of methoxy groups -OCH3 is 2. The number of hydrogen-bond acceptors (Lipinski definition) is 3. The van der Waals surface area contributed by atoms with Crippen molar-refractivity contribution in [3.05, 3.63) is 84.4 Å². The zero-order valence-corrected chi connectivity index (χ0v) is 20.1. The van der Waals surface area contributed by atoms with Crippen molar-refractivity contribution in [2.75, 3.05) is 14.2 Å². The van der Waals surface area contributed by atoms with Crippen molar-refractivity contribution >= 4 is 33.1 Å². The zero-order valence-electron chi connectivity index (χ0n) is 19.3. The summed E-state index contributed by atoms with van der Waals surface area (Å²) in [6.07, 6.45) is 1.98. The van der Waals surface area contributed by atoms with Gasteiger partial charge >= 0.3 is 0 Å². The predicted molar refractivity (Wildman–Crippen MR) is 142 cm³/mol. The van der Waals surface area contributed by atoms with E-state index in [4.69, 9.17) is 9.47 Å². The monoisotopic (exact) mass is 464 g/mol. The van der Waals surface area contributed by atoms with Crippen molar-refractivity contribution in [1.29, 1.82) is 0 Å². The standard InChI is InChI=1S/C29H24N2O2S/c1-31-26-9-8-19(20-7-6-18-10-11-30-25(18)16-20)15-24(26)28(27-5-4-12-34-27)29(31)21-13-22(32-2)17-23(14-21)33-3/h4-17,30H,1-3H3. The summed E-state index contributed by atoms with van der Waals surface area (Å²) >= 11 is 1.76.